The van der Waals surface area contributed by atoms with E-state index in [1.165, 1.54) is 6.92 Å². The maximum absolute atomic E-state index is 10.3. The molecule has 0 spiro atoms. The fraction of sp³-hybridized carbons (Fsp3) is 0.875. The smallest absolute Gasteiger partial charge is 0.302 e. The largest absolute Gasteiger partial charge is 0.466 e. The molecule has 0 rings (SSSR count). The Balaban J connectivity index is 2.97. The fourth-order valence-corrected chi connectivity index (χ4v) is 0.679. The van der Waals surface area contributed by atoms with Crippen LogP contribution >= 0.6 is 0 Å². The highest BCUT2D eigenvalue weighted by Gasteiger charge is 1.93. The molecule has 0 amide bonds. The van der Waals surface area contributed by atoms with E-state index in [0.717, 1.165) is 13.0 Å². The number of carbonyl (C=O) groups is 1. The summed E-state index contributed by atoms with van der Waals surface area (Å²) in [4.78, 5) is 10.3. The van der Waals surface area contributed by atoms with Crippen LogP contribution in [-0.4, -0.2) is 25.2 Å². The molecule has 0 heterocycles. The van der Waals surface area contributed by atoms with Gasteiger partial charge in [0.1, 0.15) is 0 Å². The SMILES string of the molecule is CC(=O)OCCCNC(C)C. The Morgan fingerprint density at radius 2 is 2.18 bits per heavy atom. The first kappa shape index (κ1) is 10.4. The normalized spacial score (nSPS) is 10.2. The van der Waals surface area contributed by atoms with Crippen molar-refractivity contribution in [2.45, 2.75) is 33.2 Å². The van der Waals surface area contributed by atoms with Gasteiger partial charge in [0.05, 0.1) is 6.61 Å². The minimum Gasteiger partial charge on any atom is -0.466 e. The molecule has 0 atom stereocenters. The van der Waals surface area contributed by atoms with Gasteiger partial charge in [0, 0.05) is 13.0 Å². The highest BCUT2D eigenvalue weighted by molar-refractivity contribution is 5.65. The number of esters is 1. The van der Waals surface area contributed by atoms with E-state index >= 15 is 0 Å². The second-order valence-electron chi connectivity index (χ2n) is 2.80. The van der Waals surface area contributed by atoms with E-state index < -0.39 is 0 Å². The number of nitrogens with one attached hydrogen (secondary N) is 1. The molecule has 3 heteroatoms. The van der Waals surface area contributed by atoms with Crippen molar-refractivity contribution in [3.8, 4) is 0 Å². The summed E-state index contributed by atoms with van der Waals surface area (Å²) >= 11 is 0. The summed E-state index contributed by atoms with van der Waals surface area (Å²) in [5.41, 5.74) is 0. The maximum Gasteiger partial charge on any atom is 0.302 e. The van der Waals surface area contributed by atoms with Crippen LogP contribution < -0.4 is 5.32 Å². The summed E-state index contributed by atoms with van der Waals surface area (Å²) in [5, 5.41) is 3.23. The van der Waals surface area contributed by atoms with Crippen LogP contribution in [0.25, 0.3) is 0 Å². The molecule has 0 saturated heterocycles. The van der Waals surface area contributed by atoms with E-state index in [0.29, 0.717) is 12.6 Å². The van der Waals surface area contributed by atoms with Crippen molar-refractivity contribution in [1.29, 1.82) is 0 Å². The van der Waals surface area contributed by atoms with E-state index in [1.54, 1.807) is 0 Å². The lowest BCUT2D eigenvalue weighted by atomic mass is 10.3. The van der Waals surface area contributed by atoms with Gasteiger partial charge < -0.3 is 10.1 Å². The first-order chi connectivity index (χ1) is 5.13. The summed E-state index contributed by atoms with van der Waals surface area (Å²) < 4.78 is 4.74. The maximum atomic E-state index is 10.3. The highest BCUT2D eigenvalue weighted by atomic mass is 16.5. The molecule has 0 bridgehead atoms. The third-order valence-corrected chi connectivity index (χ3v) is 1.18. The summed E-state index contributed by atoms with van der Waals surface area (Å²) in [6.45, 7) is 7.04. The van der Waals surface area contributed by atoms with E-state index in [-0.39, 0.29) is 5.97 Å². The Hall–Kier alpha value is -0.570. The van der Waals surface area contributed by atoms with Crippen molar-refractivity contribution in [3.63, 3.8) is 0 Å². The second kappa shape index (κ2) is 6.16. The average molecular weight is 159 g/mol. The Bertz CT molecular complexity index is 113. The molecule has 0 unspecified atom stereocenters. The van der Waals surface area contributed by atoms with E-state index in [1.807, 2.05) is 0 Å². The Morgan fingerprint density at radius 3 is 2.64 bits per heavy atom. The van der Waals surface area contributed by atoms with Gasteiger partial charge in [-0.3, -0.25) is 4.79 Å². The lowest BCUT2D eigenvalue weighted by molar-refractivity contribution is -0.141. The Kier molecular flexibility index (Phi) is 5.84. The van der Waals surface area contributed by atoms with Crippen LogP contribution in [0.1, 0.15) is 27.2 Å². The molecule has 0 aromatic carbocycles. The van der Waals surface area contributed by atoms with Crippen LogP contribution in [0.15, 0.2) is 0 Å². The van der Waals surface area contributed by atoms with Gasteiger partial charge in [0.2, 0.25) is 0 Å². The zero-order valence-electron chi connectivity index (χ0n) is 7.52. The number of hydrogen-bond acceptors (Lipinski definition) is 3. The third kappa shape index (κ3) is 9.43. The lowest BCUT2D eigenvalue weighted by Crippen LogP contribution is -2.24. The minimum atomic E-state index is -0.199. The van der Waals surface area contributed by atoms with Gasteiger partial charge in [-0.25, -0.2) is 0 Å². The monoisotopic (exact) mass is 159 g/mol. The zero-order chi connectivity index (χ0) is 8.69. The molecule has 11 heavy (non-hydrogen) atoms. The molecule has 0 saturated carbocycles. The van der Waals surface area contributed by atoms with E-state index in [9.17, 15) is 4.79 Å². The predicted molar refractivity (Wildman–Crippen MR) is 44.4 cm³/mol. The van der Waals surface area contributed by atoms with Crippen molar-refractivity contribution in [2.75, 3.05) is 13.2 Å². The zero-order valence-corrected chi connectivity index (χ0v) is 7.52. The van der Waals surface area contributed by atoms with Crippen molar-refractivity contribution < 1.29 is 9.53 Å². The molecule has 3 nitrogen and oxygen atoms in total. The van der Waals surface area contributed by atoms with Gasteiger partial charge in [-0.05, 0) is 13.0 Å². The Morgan fingerprint density at radius 1 is 1.55 bits per heavy atom. The quantitative estimate of drug-likeness (QED) is 0.479. The molecule has 1 N–H and O–H groups in total. The highest BCUT2D eigenvalue weighted by Crippen LogP contribution is 1.83. The predicted octanol–water partition coefficient (Wildman–Crippen LogP) is 0.938. The second-order valence-corrected chi connectivity index (χ2v) is 2.80. The summed E-state index contributed by atoms with van der Waals surface area (Å²) in [7, 11) is 0. The van der Waals surface area contributed by atoms with Crippen molar-refractivity contribution >= 4 is 5.97 Å². The van der Waals surface area contributed by atoms with Crippen LogP contribution in [-0.2, 0) is 9.53 Å². The number of carbonyl (C=O) groups excluding carboxylic acids is 1. The van der Waals surface area contributed by atoms with Gasteiger partial charge in [0.25, 0.3) is 0 Å². The van der Waals surface area contributed by atoms with Gasteiger partial charge in [-0.1, -0.05) is 13.8 Å². The van der Waals surface area contributed by atoms with E-state index in [4.69, 9.17) is 4.74 Å². The molecule has 0 radical (unpaired) electrons. The standard InChI is InChI=1S/C8H17NO2/c1-7(2)9-5-4-6-11-8(3)10/h7,9H,4-6H2,1-3H3. The molecule has 66 valence electrons. The van der Waals surface area contributed by atoms with Gasteiger partial charge >= 0.3 is 5.97 Å². The number of hydrogen-bond donors (Lipinski definition) is 1. The molecule has 0 aromatic rings. The average Bonchev–Trinajstić information content (AvgIpc) is 1.85. The third-order valence-electron chi connectivity index (χ3n) is 1.18. The summed E-state index contributed by atoms with van der Waals surface area (Å²) in [5.74, 6) is -0.199. The van der Waals surface area contributed by atoms with Crippen LogP contribution in [0, 0.1) is 0 Å². The first-order valence-electron chi connectivity index (χ1n) is 3.99. The molecule has 0 aromatic heterocycles. The van der Waals surface area contributed by atoms with Crippen molar-refractivity contribution in [3.05, 3.63) is 0 Å². The molecule has 0 aliphatic carbocycles. The van der Waals surface area contributed by atoms with Gasteiger partial charge in [-0.2, -0.15) is 0 Å². The lowest BCUT2D eigenvalue weighted by Gasteiger charge is -2.06. The topological polar surface area (TPSA) is 38.3 Å². The van der Waals surface area contributed by atoms with Crippen molar-refractivity contribution in [1.82, 2.24) is 5.32 Å². The van der Waals surface area contributed by atoms with Gasteiger partial charge in [-0.15, -0.1) is 0 Å². The van der Waals surface area contributed by atoms with E-state index in [2.05, 4.69) is 19.2 Å². The molecular weight excluding hydrogens is 142 g/mol. The first-order valence-corrected chi connectivity index (χ1v) is 3.99. The van der Waals surface area contributed by atoms with Crippen LogP contribution in [0.3, 0.4) is 0 Å². The number of rotatable bonds is 5. The molecule has 0 aliphatic rings. The molecule has 0 fully saturated rings. The summed E-state index contributed by atoms with van der Waals surface area (Å²) in [6.07, 6.45) is 0.887. The van der Waals surface area contributed by atoms with Crippen LogP contribution in [0.5, 0.6) is 0 Å². The van der Waals surface area contributed by atoms with Crippen LogP contribution in [0.2, 0.25) is 0 Å². The fourth-order valence-electron chi connectivity index (χ4n) is 0.679. The molecular formula is C8H17NO2. The van der Waals surface area contributed by atoms with Crippen molar-refractivity contribution in [2.24, 2.45) is 0 Å². The summed E-state index contributed by atoms with van der Waals surface area (Å²) in [6, 6.07) is 0.507. The van der Waals surface area contributed by atoms with Crippen LogP contribution in [0.4, 0.5) is 0 Å². The minimum absolute atomic E-state index is 0.199. The Labute approximate surface area is 68.1 Å². The van der Waals surface area contributed by atoms with Gasteiger partial charge in [0.15, 0.2) is 0 Å². The molecule has 0 aliphatic heterocycles. The number of ether oxygens (including phenoxy) is 1.